The van der Waals surface area contributed by atoms with Crippen LogP contribution in [0.4, 0.5) is 0 Å². The molecule has 1 saturated heterocycles. The molecule has 0 spiro atoms. The SMILES string of the molecule is O=C1CCC(NC(=O)CCOc2ccc(Cl)c(Cl)c2)CN1. The Morgan fingerprint density at radius 2 is 2.19 bits per heavy atom. The van der Waals surface area contributed by atoms with Crippen LogP contribution < -0.4 is 15.4 Å². The van der Waals surface area contributed by atoms with E-state index in [4.69, 9.17) is 27.9 Å². The quantitative estimate of drug-likeness (QED) is 0.869. The van der Waals surface area contributed by atoms with Crippen molar-refractivity contribution in [2.45, 2.75) is 25.3 Å². The molecular formula is C14H16Cl2N2O3. The molecule has 0 aromatic heterocycles. The molecule has 2 N–H and O–H groups in total. The van der Waals surface area contributed by atoms with Crippen LogP contribution in [-0.2, 0) is 9.59 Å². The van der Waals surface area contributed by atoms with Crippen molar-refractivity contribution in [1.29, 1.82) is 0 Å². The summed E-state index contributed by atoms with van der Waals surface area (Å²) in [5.41, 5.74) is 0. The van der Waals surface area contributed by atoms with Crippen LogP contribution in [0.3, 0.4) is 0 Å². The molecule has 0 aliphatic carbocycles. The Bertz CT molecular complexity index is 527. The summed E-state index contributed by atoms with van der Waals surface area (Å²) in [5.74, 6) is 0.502. The van der Waals surface area contributed by atoms with Crippen LogP contribution in [0.15, 0.2) is 18.2 Å². The summed E-state index contributed by atoms with van der Waals surface area (Å²) in [7, 11) is 0. The van der Waals surface area contributed by atoms with E-state index in [1.807, 2.05) is 0 Å². The van der Waals surface area contributed by atoms with Crippen LogP contribution in [0.1, 0.15) is 19.3 Å². The molecule has 0 saturated carbocycles. The van der Waals surface area contributed by atoms with Gasteiger partial charge in [-0.15, -0.1) is 0 Å². The van der Waals surface area contributed by atoms with Crippen molar-refractivity contribution in [3.8, 4) is 5.75 Å². The molecule has 1 fully saturated rings. The number of halogens is 2. The minimum Gasteiger partial charge on any atom is -0.493 e. The van der Waals surface area contributed by atoms with Crippen LogP contribution in [0.25, 0.3) is 0 Å². The fourth-order valence-corrected chi connectivity index (χ4v) is 2.27. The number of carbonyl (C=O) groups is 2. The number of amides is 2. The highest BCUT2D eigenvalue weighted by Crippen LogP contribution is 2.26. The van der Waals surface area contributed by atoms with Gasteiger partial charge in [0, 0.05) is 25.1 Å². The second kappa shape index (κ2) is 7.52. The van der Waals surface area contributed by atoms with E-state index in [0.717, 1.165) is 0 Å². The Kier molecular flexibility index (Phi) is 5.70. The zero-order chi connectivity index (χ0) is 15.2. The Balaban J connectivity index is 1.69. The van der Waals surface area contributed by atoms with E-state index in [1.165, 1.54) is 0 Å². The fraction of sp³-hybridized carbons (Fsp3) is 0.429. The molecule has 0 radical (unpaired) electrons. The topological polar surface area (TPSA) is 67.4 Å². The van der Waals surface area contributed by atoms with Crippen LogP contribution in [0, 0.1) is 0 Å². The Morgan fingerprint density at radius 1 is 1.38 bits per heavy atom. The molecule has 1 aromatic rings. The molecule has 5 nitrogen and oxygen atoms in total. The number of benzene rings is 1. The number of hydrogen-bond donors (Lipinski definition) is 2. The van der Waals surface area contributed by atoms with Gasteiger partial charge in [-0.25, -0.2) is 0 Å². The maximum absolute atomic E-state index is 11.8. The average molecular weight is 331 g/mol. The van der Waals surface area contributed by atoms with E-state index in [1.54, 1.807) is 18.2 Å². The van der Waals surface area contributed by atoms with Crippen molar-refractivity contribution in [3.05, 3.63) is 28.2 Å². The van der Waals surface area contributed by atoms with E-state index in [-0.39, 0.29) is 30.9 Å². The third-order valence-electron chi connectivity index (χ3n) is 3.12. The van der Waals surface area contributed by atoms with E-state index in [9.17, 15) is 9.59 Å². The molecule has 2 rings (SSSR count). The molecule has 1 heterocycles. The molecule has 114 valence electrons. The maximum Gasteiger partial charge on any atom is 0.223 e. The Morgan fingerprint density at radius 3 is 2.86 bits per heavy atom. The van der Waals surface area contributed by atoms with E-state index in [2.05, 4.69) is 10.6 Å². The molecule has 1 aliphatic rings. The number of nitrogens with one attached hydrogen (secondary N) is 2. The minimum absolute atomic E-state index is 0.000163. The molecule has 7 heteroatoms. The Hall–Kier alpha value is -1.46. The molecule has 21 heavy (non-hydrogen) atoms. The number of ether oxygens (including phenoxy) is 1. The van der Waals surface area contributed by atoms with E-state index >= 15 is 0 Å². The number of piperidine rings is 1. The predicted octanol–water partition coefficient (Wildman–Crippen LogP) is 2.16. The molecule has 1 unspecified atom stereocenters. The van der Waals surface area contributed by atoms with Crippen molar-refractivity contribution < 1.29 is 14.3 Å². The summed E-state index contributed by atoms with van der Waals surface area (Å²) in [6.07, 6.45) is 1.36. The maximum atomic E-state index is 11.8. The number of hydrogen-bond acceptors (Lipinski definition) is 3. The first-order valence-corrected chi connectivity index (χ1v) is 7.44. The number of carbonyl (C=O) groups excluding carboxylic acids is 2. The van der Waals surface area contributed by atoms with Crippen molar-refractivity contribution in [3.63, 3.8) is 0 Å². The van der Waals surface area contributed by atoms with Crippen LogP contribution in [0.5, 0.6) is 5.75 Å². The summed E-state index contributed by atoms with van der Waals surface area (Å²) in [6.45, 7) is 0.737. The lowest BCUT2D eigenvalue weighted by molar-refractivity contribution is -0.125. The monoisotopic (exact) mass is 330 g/mol. The van der Waals surface area contributed by atoms with Crippen LogP contribution in [-0.4, -0.2) is 31.0 Å². The third kappa shape index (κ3) is 5.10. The van der Waals surface area contributed by atoms with Gasteiger partial charge < -0.3 is 15.4 Å². The van der Waals surface area contributed by atoms with Crippen molar-refractivity contribution in [2.24, 2.45) is 0 Å². The second-order valence-corrected chi connectivity index (χ2v) is 5.60. The van der Waals surface area contributed by atoms with Crippen LogP contribution >= 0.6 is 23.2 Å². The van der Waals surface area contributed by atoms with Crippen molar-refractivity contribution >= 4 is 35.0 Å². The minimum atomic E-state index is -0.101. The smallest absolute Gasteiger partial charge is 0.223 e. The second-order valence-electron chi connectivity index (χ2n) is 4.78. The normalized spacial score (nSPS) is 18.0. The highest BCUT2D eigenvalue weighted by Gasteiger charge is 2.19. The first-order valence-electron chi connectivity index (χ1n) is 6.68. The number of rotatable bonds is 5. The zero-order valence-corrected chi connectivity index (χ0v) is 12.8. The third-order valence-corrected chi connectivity index (χ3v) is 3.86. The van der Waals surface area contributed by atoms with Gasteiger partial charge in [-0.3, -0.25) is 9.59 Å². The summed E-state index contributed by atoms with van der Waals surface area (Å²) in [4.78, 5) is 22.8. The van der Waals surface area contributed by atoms with Gasteiger partial charge in [0.25, 0.3) is 0 Å². The van der Waals surface area contributed by atoms with Gasteiger partial charge in [0.1, 0.15) is 5.75 Å². The molecular weight excluding hydrogens is 315 g/mol. The van der Waals surface area contributed by atoms with Gasteiger partial charge >= 0.3 is 0 Å². The van der Waals surface area contributed by atoms with Gasteiger partial charge in [-0.2, -0.15) is 0 Å². The van der Waals surface area contributed by atoms with Gasteiger partial charge in [-0.05, 0) is 18.6 Å². The standard InChI is InChI=1S/C14H16Cl2N2O3/c15-11-3-2-10(7-12(11)16)21-6-5-14(20)18-9-1-4-13(19)17-8-9/h2-3,7,9H,1,4-6,8H2,(H,17,19)(H,18,20). The highest BCUT2D eigenvalue weighted by atomic mass is 35.5. The molecule has 1 aliphatic heterocycles. The first-order chi connectivity index (χ1) is 10.0. The summed E-state index contributed by atoms with van der Waals surface area (Å²) in [6, 6.07) is 4.95. The molecule has 0 bridgehead atoms. The van der Waals surface area contributed by atoms with Gasteiger partial charge in [0.2, 0.25) is 11.8 Å². The van der Waals surface area contributed by atoms with Crippen molar-refractivity contribution in [2.75, 3.05) is 13.2 Å². The lowest BCUT2D eigenvalue weighted by Gasteiger charge is -2.23. The summed E-state index contributed by atoms with van der Waals surface area (Å²) >= 11 is 11.7. The first kappa shape index (κ1) is 15.9. The van der Waals surface area contributed by atoms with Crippen molar-refractivity contribution in [1.82, 2.24) is 10.6 Å². The molecule has 2 amide bonds. The lowest BCUT2D eigenvalue weighted by atomic mass is 10.1. The van der Waals surface area contributed by atoms with Gasteiger partial charge in [0.15, 0.2) is 0 Å². The van der Waals surface area contributed by atoms with Gasteiger partial charge in [-0.1, -0.05) is 23.2 Å². The predicted molar refractivity (Wildman–Crippen MR) is 80.7 cm³/mol. The van der Waals surface area contributed by atoms with E-state index in [0.29, 0.717) is 35.2 Å². The zero-order valence-electron chi connectivity index (χ0n) is 11.3. The summed E-state index contributed by atoms with van der Waals surface area (Å²) < 4.78 is 5.45. The molecule has 1 aromatic carbocycles. The highest BCUT2D eigenvalue weighted by molar-refractivity contribution is 6.42. The fourth-order valence-electron chi connectivity index (χ4n) is 1.98. The van der Waals surface area contributed by atoms with Gasteiger partial charge in [0.05, 0.1) is 23.1 Å². The van der Waals surface area contributed by atoms with Crippen LogP contribution in [0.2, 0.25) is 10.0 Å². The largest absolute Gasteiger partial charge is 0.493 e. The molecule has 1 atom stereocenters. The lowest BCUT2D eigenvalue weighted by Crippen LogP contribution is -2.47. The summed E-state index contributed by atoms with van der Waals surface area (Å²) in [5, 5.41) is 6.46. The average Bonchev–Trinajstić information content (AvgIpc) is 2.45. The van der Waals surface area contributed by atoms with E-state index < -0.39 is 0 Å². The Labute approximate surface area is 132 Å².